The van der Waals surface area contributed by atoms with Gasteiger partial charge in [0, 0.05) is 18.5 Å². The topological polar surface area (TPSA) is 38.3 Å². The molecule has 0 saturated heterocycles. The van der Waals surface area contributed by atoms with Gasteiger partial charge in [-0.1, -0.05) is 60.7 Å². The van der Waals surface area contributed by atoms with Gasteiger partial charge in [0.1, 0.15) is 5.75 Å². The van der Waals surface area contributed by atoms with Gasteiger partial charge in [-0.15, -0.1) is 0 Å². The fourth-order valence-corrected chi connectivity index (χ4v) is 3.06. The first-order valence-corrected chi connectivity index (χ1v) is 9.30. The van der Waals surface area contributed by atoms with E-state index in [0.29, 0.717) is 18.7 Å². The van der Waals surface area contributed by atoms with Gasteiger partial charge in [-0.3, -0.25) is 4.79 Å². The average molecular weight is 410 g/mol. The van der Waals surface area contributed by atoms with E-state index in [1.54, 1.807) is 12.1 Å². The summed E-state index contributed by atoms with van der Waals surface area (Å²) in [7, 11) is 0. The number of carbonyl (C=O) groups excluding carboxylic acids is 1. The summed E-state index contributed by atoms with van der Waals surface area (Å²) in [5.41, 5.74) is 2.91. The van der Waals surface area contributed by atoms with Crippen LogP contribution >= 0.6 is 15.9 Å². The average Bonchev–Trinajstić information content (AvgIpc) is 2.69. The highest BCUT2D eigenvalue weighted by Gasteiger charge is 2.09. The maximum Gasteiger partial charge on any atom is 0.251 e. The molecule has 0 aliphatic heterocycles. The SMILES string of the molecule is O=C(NCc1ccccc1)c1ccc(OCCc2ccccc2)c(Br)c1. The second-order valence-corrected chi connectivity index (χ2v) is 6.75. The zero-order valence-electron chi connectivity index (χ0n) is 14.3. The molecule has 3 nitrogen and oxygen atoms in total. The molecule has 0 fully saturated rings. The molecule has 1 amide bonds. The number of benzene rings is 3. The molecule has 0 bridgehead atoms. The number of rotatable bonds is 7. The Morgan fingerprint density at radius 1 is 0.885 bits per heavy atom. The highest BCUT2D eigenvalue weighted by molar-refractivity contribution is 9.10. The van der Waals surface area contributed by atoms with Crippen molar-refractivity contribution in [2.24, 2.45) is 0 Å². The fourth-order valence-electron chi connectivity index (χ4n) is 2.56. The van der Waals surface area contributed by atoms with Gasteiger partial charge in [0.15, 0.2) is 0 Å². The van der Waals surface area contributed by atoms with Crippen molar-refractivity contribution in [1.82, 2.24) is 5.32 Å². The van der Waals surface area contributed by atoms with E-state index in [-0.39, 0.29) is 5.91 Å². The maximum absolute atomic E-state index is 12.3. The van der Waals surface area contributed by atoms with Crippen LogP contribution in [0.2, 0.25) is 0 Å². The molecule has 3 rings (SSSR count). The van der Waals surface area contributed by atoms with E-state index in [0.717, 1.165) is 22.2 Å². The molecular formula is C22H20BrNO2. The minimum absolute atomic E-state index is 0.106. The maximum atomic E-state index is 12.3. The van der Waals surface area contributed by atoms with Crippen molar-refractivity contribution in [3.05, 3.63) is 100 Å². The zero-order valence-corrected chi connectivity index (χ0v) is 15.9. The van der Waals surface area contributed by atoms with Crippen LogP contribution in [0.5, 0.6) is 5.75 Å². The summed E-state index contributed by atoms with van der Waals surface area (Å²) in [5.74, 6) is 0.630. The standard InChI is InChI=1S/C22H20BrNO2/c23-20-15-19(22(25)24-16-18-9-5-2-6-10-18)11-12-21(20)26-14-13-17-7-3-1-4-8-17/h1-12,15H,13-14,16H2,(H,24,25). The molecule has 0 heterocycles. The monoisotopic (exact) mass is 409 g/mol. The lowest BCUT2D eigenvalue weighted by atomic mass is 10.1. The van der Waals surface area contributed by atoms with Crippen molar-refractivity contribution in [1.29, 1.82) is 0 Å². The minimum atomic E-state index is -0.106. The molecular weight excluding hydrogens is 390 g/mol. The molecule has 0 aliphatic carbocycles. The molecule has 0 aliphatic rings. The van der Waals surface area contributed by atoms with Crippen molar-refractivity contribution < 1.29 is 9.53 Å². The summed E-state index contributed by atoms with van der Waals surface area (Å²) in [6, 6.07) is 25.5. The number of carbonyl (C=O) groups is 1. The Hall–Kier alpha value is -2.59. The number of amides is 1. The molecule has 132 valence electrons. The minimum Gasteiger partial charge on any atom is -0.492 e. The summed E-state index contributed by atoms with van der Waals surface area (Å²) in [6.45, 7) is 1.09. The van der Waals surface area contributed by atoms with E-state index >= 15 is 0 Å². The fraction of sp³-hybridized carbons (Fsp3) is 0.136. The zero-order chi connectivity index (χ0) is 18.2. The van der Waals surface area contributed by atoms with Crippen LogP contribution in [-0.2, 0) is 13.0 Å². The third-order valence-corrected chi connectivity index (χ3v) is 4.60. The predicted molar refractivity (Wildman–Crippen MR) is 107 cm³/mol. The number of hydrogen-bond donors (Lipinski definition) is 1. The van der Waals surface area contributed by atoms with E-state index < -0.39 is 0 Å². The number of nitrogens with one attached hydrogen (secondary N) is 1. The summed E-state index contributed by atoms with van der Waals surface area (Å²) >= 11 is 3.49. The second-order valence-electron chi connectivity index (χ2n) is 5.90. The van der Waals surface area contributed by atoms with Crippen molar-refractivity contribution in [3.8, 4) is 5.75 Å². The molecule has 4 heteroatoms. The van der Waals surface area contributed by atoms with Gasteiger partial charge in [0.05, 0.1) is 11.1 Å². The van der Waals surface area contributed by atoms with Crippen molar-refractivity contribution >= 4 is 21.8 Å². The molecule has 0 saturated carbocycles. The van der Waals surface area contributed by atoms with Gasteiger partial charge in [0.2, 0.25) is 0 Å². The molecule has 0 aromatic heterocycles. The quantitative estimate of drug-likeness (QED) is 0.595. The lowest BCUT2D eigenvalue weighted by molar-refractivity contribution is 0.0951. The van der Waals surface area contributed by atoms with E-state index in [1.807, 2.05) is 54.6 Å². The van der Waals surface area contributed by atoms with Crippen LogP contribution in [-0.4, -0.2) is 12.5 Å². The van der Waals surface area contributed by atoms with Gasteiger partial charge >= 0.3 is 0 Å². The Bertz CT molecular complexity index is 851. The lowest BCUT2D eigenvalue weighted by Crippen LogP contribution is -2.22. The Morgan fingerprint density at radius 3 is 2.19 bits per heavy atom. The summed E-state index contributed by atoms with van der Waals surface area (Å²) < 4.78 is 6.60. The third-order valence-electron chi connectivity index (χ3n) is 3.98. The van der Waals surface area contributed by atoms with Gasteiger partial charge < -0.3 is 10.1 Å². The Morgan fingerprint density at radius 2 is 1.54 bits per heavy atom. The van der Waals surface area contributed by atoms with Crippen LogP contribution < -0.4 is 10.1 Å². The van der Waals surface area contributed by atoms with Crippen molar-refractivity contribution in [2.45, 2.75) is 13.0 Å². The highest BCUT2D eigenvalue weighted by Crippen LogP contribution is 2.26. The highest BCUT2D eigenvalue weighted by atomic mass is 79.9. The van der Waals surface area contributed by atoms with Gasteiger partial charge in [-0.25, -0.2) is 0 Å². The Balaban J connectivity index is 1.54. The molecule has 0 spiro atoms. The Labute approximate surface area is 162 Å². The van der Waals surface area contributed by atoms with E-state index in [1.165, 1.54) is 5.56 Å². The lowest BCUT2D eigenvalue weighted by Gasteiger charge is -2.10. The molecule has 26 heavy (non-hydrogen) atoms. The molecule has 1 N–H and O–H groups in total. The molecule has 3 aromatic rings. The van der Waals surface area contributed by atoms with Crippen LogP contribution in [0.3, 0.4) is 0 Å². The first-order chi connectivity index (χ1) is 12.7. The first kappa shape index (κ1) is 18.2. The molecule has 0 radical (unpaired) electrons. The second kappa shape index (κ2) is 9.20. The van der Waals surface area contributed by atoms with Crippen LogP contribution in [0.4, 0.5) is 0 Å². The normalized spacial score (nSPS) is 10.3. The smallest absolute Gasteiger partial charge is 0.251 e. The van der Waals surface area contributed by atoms with Crippen LogP contribution in [0, 0.1) is 0 Å². The van der Waals surface area contributed by atoms with Gasteiger partial charge in [0.25, 0.3) is 5.91 Å². The van der Waals surface area contributed by atoms with Crippen molar-refractivity contribution in [2.75, 3.05) is 6.61 Å². The summed E-state index contributed by atoms with van der Waals surface area (Å²) in [4.78, 5) is 12.3. The summed E-state index contributed by atoms with van der Waals surface area (Å²) in [5, 5.41) is 2.93. The molecule has 0 unspecified atom stereocenters. The third kappa shape index (κ3) is 5.20. The first-order valence-electron chi connectivity index (χ1n) is 8.51. The largest absolute Gasteiger partial charge is 0.492 e. The van der Waals surface area contributed by atoms with Crippen LogP contribution in [0.1, 0.15) is 21.5 Å². The molecule has 0 atom stereocenters. The van der Waals surface area contributed by atoms with E-state index in [9.17, 15) is 4.79 Å². The summed E-state index contributed by atoms with van der Waals surface area (Å²) in [6.07, 6.45) is 0.840. The number of hydrogen-bond acceptors (Lipinski definition) is 2. The van der Waals surface area contributed by atoms with Gasteiger partial charge in [-0.2, -0.15) is 0 Å². The van der Waals surface area contributed by atoms with E-state index in [2.05, 4.69) is 33.4 Å². The predicted octanol–water partition coefficient (Wildman–Crippen LogP) is 5.00. The molecule has 3 aromatic carbocycles. The number of ether oxygens (including phenoxy) is 1. The van der Waals surface area contributed by atoms with Crippen molar-refractivity contribution in [3.63, 3.8) is 0 Å². The number of halogens is 1. The Kier molecular flexibility index (Phi) is 6.45. The van der Waals surface area contributed by atoms with Gasteiger partial charge in [-0.05, 0) is 45.3 Å². The van der Waals surface area contributed by atoms with E-state index in [4.69, 9.17) is 4.74 Å². The van der Waals surface area contributed by atoms with Crippen LogP contribution in [0.25, 0.3) is 0 Å². The van der Waals surface area contributed by atoms with Crippen LogP contribution in [0.15, 0.2) is 83.3 Å².